The molecule has 6 unspecified atom stereocenters. The van der Waals surface area contributed by atoms with E-state index in [0.29, 0.717) is 12.8 Å². The van der Waals surface area contributed by atoms with E-state index in [9.17, 15) is 33.9 Å². The van der Waals surface area contributed by atoms with E-state index in [2.05, 4.69) is 16.0 Å². The molecule has 0 aromatic heterocycles. The van der Waals surface area contributed by atoms with Gasteiger partial charge in [0.15, 0.2) is 0 Å². The van der Waals surface area contributed by atoms with E-state index in [1.54, 1.807) is 27.7 Å². The molecule has 0 saturated heterocycles. The van der Waals surface area contributed by atoms with Gasteiger partial charge in [-0.15, -0.1) is 0 Å². The predicted octanol–water partition coefficient (Wildman–Crippen LogP) is -1.31. The number of nitrogens with one attached hydrogen (secondary N) is 3. The summed E-state index contributed by atoms with van der Waals surface area (Å²) in [6, 6.07) is -5.07. The Labute approximate surface area is 198 Å². The predicted molar refractivity (Wildman–Crippen MR) is 121 cm³/mol. The van der Waals surface area contributed by atoms with Crippen LogP contribution < -0.4 is 27.4 Å². The lowest BCUT2D eigenvalue weighted by molar-refractivity contribution is -0.144. The highest BCUT2D eigenvalue weighted by molar-refractivity contribution is 5.95. The monoisotopic (exact) mass is 487 g/mol. The van der Waals surface area contributed by atoms with Gasteiger partial charge in [-0.1, -0.05) is 40.5 Å². The maximum absolute atomic E-state index is 12.9. The number of carbonyl (C=O) groups excluding carboxylic acids is 4. The standard InChI is InChI=1S/C21H37N5O8/c1-5-10(3)16(20(32)26-17(21(33)34)11(4)6-2)25-19(31)13(7-8-14(23)27)24-18(30)12(22)9-15(28)29/h10-13,16-17H,5-9,22H2,1-4H3,(H2,23,27)(H,24,30)(H,25,31)(H,26,32)(H,28,29)(H,33,34). The van der Waals surface area contributed by atoms with Crippen LogP contribution in [-0.4, -0.2) is 69.9 Å². The van der Waals surface area contributed by atoms with Crippen molar-refractivity contribution >= 4 is 35.6 Å². The molecular weight excluding hydrogens is 450 g/mol. The molecule has 0 bridgehead atoms. The van der Waals surface area contributed by atoms with Crippen molar-refractivity contribution in [2.75, 3.05) is 0 Å². The van der Waals surface area contributed by atoms with Crippen molar-refractivity contribution in [1.82, 2.24) is 16.0 Å². The highest BCUT2D eigenvalue weighted by Crippen LogP contribution is 2.13. The normalized spacial score (nSPS) is 16.1. The minimum atomic E-state index is -1.44. The average molecular weight is 488 g/mol. The van der Waals surface area contributed by atoms with Gasteiger partial charge in [0.25, 0.3) is 0 Å². The van der Waals surface area contributed by atoms with Gasteiger partial charge in [-0.2, -0.15) is 0 Å². The summed E-state index contributed by atoms with van der Waals surface area (Å²) < 4.78 is 0. The van der Waals surface area contributed by atoms with Crippen LogP contribution in [0.3, 0.4) is 0 Å². The quantitative estimate of drug-likeness (QED) is 0.137. The summed E-state index contributed by atoms with van der Waals surface area (Å²) in [5, 5.41) is 25.5. The first kappa shape index (κ1) is 30.8. The number of primary amides is 1. The van der Waals surface area contributed by atoms with E-state index in [4.69, 9.17) is 16.6 Å². The first-order valence-electron chi connectivity index (χ1n) is 11.1. The van der Waals surface area contributed by atoms with Crippen molar-refractivity contribution in [2.45, 2.75) is 84.0 Å². The minimum Gasteiger partial charge on any atom is -0.481 e. The third-order valence-corrected chi connectivity index (χ3v) is 5.61. The van der Waals surface area contributed by atoms with Crippen LogP contribution in [0.2, 0.25) is 0 Å². The SMILES string of the molecule is CCC(C)C(NC(=O)C(NC(=O)C(CCC(N)=O)NC(=O)C(N)CC(=O)O)C(C)CC)C(=O)O. The maximum atomic E-state index is 12.9. The van der Waals surface area contributed by atoms with Crippen molar-refractivity contribution in [2.24, 2.45) is 23.3 Å². The van der Waals surface area contributed by atoms with Gasteiger partial charge in [0.1, 0.15) is 18.1 Å². The molecule has 0 fully saturated rings. The summed E-state index contributed by atoms with van der Waals surface area (Å²) in [4.78, 5) is 71.7. The number of hydrogen-bond donors (Lipinski definition) is 7. The second kappa shape index (κ2) is 14.8. The van der Waals surface area contributed by atoms with E-state index < -0.39 is 72.1 Å². The average Bonchev–Trinajstić information content (AvgIpc) is 2.75. The summed E-state index contributed by atoms with van der Waals surface area (Å²) in [6.07, 6.45) is -0.218. The summed E-state index contributed by atoms with van der Waals surface area (Å²) >= 11 is 0. The van der Waals surface area contributed by atoms with E-state index in [-0.39, 0.29) is 18.8 Å². The van der Waals surface area contributed by atoms with Crippen LogP contribution in [0.25, 0.3) is 0 Å². The van der Waals surface area contributed by atoms with Crippen molar-refractivity contribution in [3.63, 3.8) is 0 Å². The molecular formula is C21H37N5O8. The molecule has 0 spiro atoms. The van der Waals surface area contributed by atoms with E-state index in [1.165, 1.54) is 0 Å². The number of rotatable bonds is 16. The lowest BCUT2D eigenvalue weighted by Gasteiger charge is -2.29. The third kappa shape index (κ3) is 10.6. The number of hydrogen-bond acceptors (Lipinski definition) is 7. The number of carboxylic acids is 2. The lowest BCUT2D eigenvalue weighted by Crippen LogP contribution is -2.59. The van der Waals surface area contributed by atoms with Crippen LogP contribution in [0, 0.1) is 11.8 Å². The molecule has 0 rings (SSSR count). The van der Waals surface area contributed by atoms with Gasteiger partial charge in [0.05, 0.1) is 12.5 Å². The molecule has 9 N–H and O–H groups in total. The van der Waals surface area contributed by atoms with Crippen molar-refractivity contribution in [3.8, 4) is 0 Å². The molecule has 194 valence electrons. The fourth-order valence-electron chi connectivity index (χ4n) is 3.00. The van der Waals surface area contributed by atoms with E-state index in [0.717, 1.165) is 0 Å². The molecule has 6 atom stereocenters. The zero-order valence-corrected chi connectivity index (χ0v) is 20.0. The zero-order valence-electron chi connectivity index (χ0n) is 20.0. The van der Waals surface area contributed by atoms with Crippen molar-refractivity contribution < 1.29 is 39.0 Å². The van der Waals surface area contributed by atoms with Gasteiger partial charge in [0.2, 0.25) is 23.6 Å². The lowest BCUT2D eigenvalue weighted by atomic mass is 9.95. The molecule has 0 aliphatic rings. The highest BCUT2D eigenvalue weighted by atomic mass is 16.4. The topological polar surface area (TPSA) is 231 Å². The fourth-order valence-corrected chi connectivity index (χ4v) is 3.00. The Morgan fingerprint density at radius 3 is 1.74 bits per heavy atom. The molecule has 0 aliphatic heterocycles. The minimum absolute atomic E-state index is 0.216. The summed E-state index contributed by atoms with van der Waals surface area (Å²) in [5.41, 5.74) is 10.7. The molecule has 0 heterocycles. The highest BCUT2D eigenvalue weighted by Gasteiger charge is 2.34. The largest absolute Gasteiger partial charge is 0.481 e. The Bertz CT molecular complexity index is 759. The Morgan fingerprint density at radius 2 is 1.29 bits per heavy atom. The molecule has 0 saturated carbocycles. The first-order chi connectivity index (χ1) is 15.7. The molecule has 0 aromatic rings. The number of carboxylic acid groups (broad SMARTS) is 2. The fraction of sp³-hybridized carbons (Fsp3) is 0.714. The van der Waals surface area contributed by atoms with Gasteiger partial charge in [-0.05, 0) is 18.3 Å². The molecule has 4 amide bonds. The summed E-state index contributed by atoms with van der Waals surface area (Å²) in [6.45, 7) is 6.91. The molecule has 34 heavy (non-hydrogen) atoms. The van der Waals surface area contributed by atoms with Crippen LogP contribution >= 0.6 is 0 Å². The summed E-state index contributed by atoms with van der Waals surface area (Å²) in [7, 11) is 0. The van der Waals surface area contributed by atoms with Gasteiger partial charge in [0, 0.05) is 6.42 Å². The van der Waals surface area contributed by atoms with Crippen LogP contribution in [0.15, 0.2) is 0 Å². The van der Waals surface area contributed by atoms with Crippen molar-refractivity contribution in [1.29, 1.82) is 0 Å². The molecule has 0 aromatic carbocycles. The number of carbonyl (C=O) groups is 6. The van der Waals surface area contributed by atoms with Gasteiger partial charge >= 0.3 is 11.9 Å². The Hall–Kier alpha value is -3.22. The molecule has 0 radical (unpaired) electrons. The Kier molecular flexibility index (Phi) is 13.4. The number of amides is 4. The number of nitrogens with two attached hydrogens (primary N) is 2. The van der Waals surface area contributed by atoms with Crippen LogP contribution in [0.4, 0.5) is 0 Å². The molecule has 13 heteroatoms. The second-order valence-corrected chi connectivity index (χ2v) is 8.35. The Balaban J connectivity index is 5.68. The smallest absolute Gasteiger partial charge is 0.326 e. The molecule has 0 aliphatic carbocycles. The zero-order chi connectivity index (χ0) is 26.6. The second-order valence-electron chi connectivity index (χ2n) is 8.35. The number of aliphatic carboxylic acids is 2. The van der Waals surface area contributed by atoms with Crippen LogP contribution in [0.1, 0.15) is 59.8 Å². The Morgan fingerprint density at radius 1 is 0.794 bits per heavy atom. The van der Waals surface area contributed by atoms with Gasteiger partial charge in [-0.3, -0.25) is 24.0 Å². The van der Waals surface area contributed by atoms with E-state index in [1.807, 2.05) is 0 Å². The van der Waals surface area contributed by atoms with Crippen LogP contribution in [0.5, 0.6) is 0 Å². The first-order valence-corrected chi connectivity index (χ1v) is 11.1. The third-order valence-electron chi connectivity index (χ3n) is 5.61. The maximum Gasteiger partial charge on any atom is 0.326 e. The van der Waals surface area contributed by atoms with E-state index >= 15 is 0 Å². The molecule has 13 nitrogen and oxygen atoms in total. The summed E-state index contributed by atoms with van der Waals surface area (Å²) in [5.74, 6) is -6.51. The van der Waals surface area contributed by atoms with Gasteiger partial charge < -0.3 is 37.6 Å². The van der Waals surface area contributed by atoms with Crippen LogP contribution in [-0.2, 0) is 28.8 Å². The van der Waals surface area contributed by atoms with Gasteiger partial charge in [-0.25, -0.2) is 4.79 Å². The van der Waals surface area contributed by atoms with Crippen molar-refractivity contribution in [3.05, 3.63) is 0 Å².